The van der Waals surface area contributed by atoms with Gasteiger partial charge in [0.25, 0.3) is 0 Å². The monoisotopic (exact) mass is 295 g/mol. The van der Waals surface area contributed by atoms with Crippen LogP contribution in [0.2, 0.25) is 0 Å². The fourth-order valence-corrected chi connectivity index (χ4v) is 3.32. The van der Waals surface area contributed by atoms with Crippen molar-refractivity contribution in [1.29, 1.82) is 0 Å². The SMILES string of the molecule is O=C1CC(C(=O)N2CCN(CCO)CC2)CN1CC1CC1. The van der Waals surface area contributed by atoms with Gasteiger partial charge in [-0.05, 0) is 18.8 Å². The van der Waals surface area contributed by atoms with E-state index in [9.17, 15) is 9.59 Å². The number of hydrogen-bond acceptors (Lipinski definition) is 4. The van der Waals surface area contributed by atoms with Gasteiger partial charge in [-0.3, -0.25) is 14.5 Å². The summed E-state index contributed by atoms with van der Waals surface area (Å²) >= 11 is 0. The van der Waals surface area contributed by atoms with Gasteiger partial charge in [-0.1, -0.05) is 0 Å². The second-order valence-electron chi connectivity index (χ2n) is 6.53. The van der Waals surface area contributed by atoms with Gasteiger partial charge in [-0.25, -0.2) is 0 Å². The quantitative estimate of drug-likeness (QED) is 0.734. The Morgan fingerprint density at radius 3 is 2.52 bits per heavy atom. The number of piperazine rings is 1. The Labute approximate surface area is 125 Å². The van der Waals surface area contributed by atoms with Gasteiger partial charge in [0.2, 0.25) is 11.8 Å². The second kappa shape index (κ2) is 6.32. The van der Waals surface area contributed by atoms with E-state index in [1.807, 2.05) is 9.80 Å². The van der Waals surface area contributed by atoms with Crippen molar-refractivity contribution in [2.45, 2.75) is 19.3 Å². The molecule has 21 heavy (non-hydrogen) atoms. The van der Waals surface area contributed by atoms with Crippen molar-refractivity contribution in [1.82, 2.24) is 14.7 Å². The third-order valence-electron chi connectivity index (χ3n) is 4.84. The molecule has 1 aliphatic carbocycles. The molecule has 3 aliphatic rings. The Hall–Kier alpha value is -1.14. The zero-order chi connectivity index (χ0) is 14.8. The number of aliphatic hydroxyl groups is 1. The molecule has 2 saturated heterocycles. The summed E-state index contributed by atoms with van der Waals surface area (Å²) in [6.45, 7) is 5.38. The Morgan fingerprint density at radius 2 is 1.90 bits per heavy atom. The summed E-state index contributed by atoms with van der Waals surface area (Å²) < 4.78 is 0. The zero-order valence-corrected chi connectivity index (χ0v) is 12.5. The number of β-amino-alcohol motifs (C(OH)–C–C–N with tert-alkyl or cyclic N) is 1. The molecule has 118 valence electrons. The van der Waals surface area contributed by atoms with Crippen LogP contribution in [-0.4, -0.2) is 84.0 Å². The Kier molecular flexibility index (Phi) is 4.45. The number of rotatable bonds is 5. The lowest BCUT2D eigenvalue weighted by molar-refractivity contribution is -0.137. The Balaban J connectivity index is 1.48. The molecule has 1 saturated carbocycles. The molecular weight excluding hydrogens is 270 g/mol. The molecule has 0 aromatic heterocycles. The van der Waals surface area contributed by atoms with Crippen LogP contribution in [0.4, 0.5) is 0 Å². The van der Waals surface area contributed by atoms with E-state index in [2.05, 4.69) is 4.90 Å². The first-order chi connectivity index (χ1) is 10.2. The van der Waals surface area contributed by atoms with E-state index in [1.165, 1.54) is 12.8 Å². The smallest absolute Gasteiger partial charge is 0.228 e. The van der Waals surface area contributed by atoms with Crippen molar-refractivity contribution in [3.8, 4) is 0 Å². The average molecular weight is 295 g/mol. The van der Waals surface area contributed by atoms with Crippen LogP contribution in [0.5, 0.6) is 0 Å². The molecule has 3 rings (SSSR count). The van der Waals surface area contributed by atoms with Gasteiger partial charge in [0, 0.05) is 52.2 Å². The maximum absolute atomic E-state index is 12.5. The molecular formula is C15H25N3O3. The van der Waals surface area contributed by atoms with Gasteiger partial charge in [0.15, 0.2) is 0 Å². The highest BCUT2D eigenvalue weighted by Gasteiger charge is 2.39. The maximum Gasteiger partial charge on any atom is 0.228 e. The maximum atomic E-state index is 12.5. The number of aliphatic hydroxyl groups excluding tert-OH is 1. The highest BCUT2D eigenvalue weighted by Crippen LogP contribution is 2.32. The van der Waals surface area contributed by atoms with E-state index >= 15 is 0 Å². The number of likely N-dealkylation sites (tertiary alicyclic amines) is 1. The van der Waals surface area contributed by atoms with Gasteiger partial charge in [0.05, 0.1) is 12.5 Å². The molecule has 0 aromatic carbocycles. The van der Waals surface area contributed by atoms with E-state index < -0.39 is 0 Å². The normalized spacial score (nSPS) is 27.5. The summed E-state index contributed by atoms with van der Waals surface area (Å²) in [5, 5.41) is 8.94. The number of hydrogen-bond donors (Lipinski definition) is 1. The molecule has 6 heteroatoms. The van der Waals surface area contributed by atoms with Crippen LogP contribution in [0.15, 0.2) is 0 Å². The topological polar surface area (TPSA) is 64.1 Å². The predicted molar refractivity (Wildman–Crippen MR) is 77.5 cm³/mol. The van der Waals surface area contributed by atoms with E-state index in [0.29, 0.717) is 38.5 Å². The second-order valence-corrected chi connectivity index (χ2v) is 6.53. The highest BCUT2D eigenvalue weighted by atomic mass is 16.3. The van der Waals surface area contributed by atoms with Crippen molar-refractivity contribution in [3.05, 3.63) is 0 Å². The molecule has 0 aromatic rings. The summed E-state index contributed by atoms with van der Waals surface area (Å²) in [5.41, 5.74) is 0. The van der Waals surface area contributed by atoms with Crippen LogP contribution in [0.1, 0.15) is 19.3 Å². The fourth-order valence-electron chi connectivity index (χ4n) is 3.32. The third-order valence-corrected chi connectivity index (χ3v) is 4.84. The largest absolute Gasteiger partial charge is 0.395 e. The van der Waals surface area contributed by atoms with E-state index in [-0.39, 0.29) is 24.3 Å². The van der Waals surface area contributed by atoms with Crippen molar-refractivity contribution < 1.29 is 14.7 Å². The van der Waals surface area contributed by atoms with Crippen molar-refractivity contribution in [2.24, 2.45) is 11.8 Å². The molecule has 6 nitrogen and oxygen atoms in total. The van der Waals surface area contributed by atoms with Crippen molar-refractivity contribution >= 4 is 11.8 Å². The molecule has 2 aliphatic heterocycles. The highest BCUT2D eigenvalue weighted by molar-refractivity contribution is 5.89. The zero-order valence-electron chi connectivity index (χ0n) is 12.5. The van der Waals surface area contributed by atoms with Crippen LogP contribution >= 0.6 is 0 Å². The number of nitrogens with zero attached hydrogens (tertiary/aromatic N) is 3. The van der Waals surface area contributed by atoms with Gasteiger partial charge < -0.3 is 14.9 Å². The van der Waals surface area contributed by atoms with Gasteiger partial charge in [0.1, 0.15) is 0 Å². The van der Waals surface area contributed by atoms with Crippen LogP contribution in [-0.2, 0) is 9.59 Å². The molecule has 3 fully saturated rings. The summed E-state index contributed by atoms with van der Waals surface area (Å²) in [7, 11) is 0. The number of amides is 2. The van der Waals surface area contributed by atoms with Gasteiger partial charge >= 0.3 is 0 Å². The Morgan fingerprint density at radius 1 is 1.19 bits per heavy atom. The first kappa shape index (κ1) is 14.8. The summed E-state index contributed by atoms with van der Waals surface area (Å²) in [6.07, 6.45) is 2.85. The lowest BCUT2D eigenvalue weighted by Crippen LogP contribution is -2.51. The van der Waals surface area contributed by atoms with E-state index in [0.717, 1.165) is 19.6 Å². The summed E-state index contributed by atoms with van der Waals surface area (Å²) in [4.78, 5) is 30.5. The minimum Gasteiger partial charge on any atom is -0.395 e. The standard InChI is InChI=1S/C15H25N3O3/c19-8-7-16-3-5-17(6-4-16)15(21)13-9-14(20)18(11-13)10-12-1-2-12/h12-13,19H,1-11H2. The Bertz CT molecular complexity index is 403. The molecule has 0 bridgehead atoms. The van der Waals surface area contributed by atoms with Crippen LogP contribution in [0.25, 0.3) is 0 Å². The first-order valence-corrected chi connectivity index (χ1v) is 8.07. The predicted octanol–water partition coefficient (Wildman–Crippen LogP) is -0.619. The third kappa shape index (κ3) is 3.55. The van der Waals surface area contributed by atoms with Crippen LogP contribution in [0.3, 0.4) is 0 Å². The minimum absolute atomic E-state index is 0.138. The average Bonchev–Trinajstić information content (AvgIpc) is 3.23. The molecule has 2 amide bonds. The van der Waals surface area contributed by atoms with E-state index in [1.54, 1.807) is 0 Å². The number of carbonyl (C=O) groups is 2. The molecule has 1 N–H and O–H groups in total. The molecule has 1 unspecified atom stereocenters. The lowest BCUT2D eigenvalue weighted by atomic mass is 10.1. The van der Waals surface area contributed by atoms with E-state index in [4.69, 9.17) is 5.11 Å². The molecule has 0 radical (unpaired) electrons. The number of carbonyl (C=O) groups excluding carboxylic acids is 2. The van der Waals surface area contributed by atoms with Gasteiger partial charge in [-0.15, -0.1) is 0 Å². The lowest BCUT2D eigenvalue weighted by Gasteiger charge is -2.35. The van der Waals surface area contributed by atoms with Crippen molar-refractivity contribution in [3.63, 3.8) is 0 Å². The minimum atomic E-state index is -0.138. The fraction of sp³-hybridized carbons (Fsp3) is 0.867. The van der Waals surface area contributed by atoms with Crippen LogP contribution < -0.4 is 0 Å². The van der Waals surface area contributed by atoms with Crippen molar-refractivity contribution in [2.75, 3.05) is 52.4 Å². The molecule has 1 atom stereocenters. The summed E-state index contributed by atoms with van der Waals surface area (Å²) in [6, 6.07) is 0. The first-order valence-electron chi connectivity index (χ1n) is 8.07. The summed E-state index contributed by atoms with van der Waals surface area (Å²) in [5.74, 6) is 0.843. The molecule has 2 heterocycles. The van der Waals surface area contributed by atoms with Gasteiger partial charge in [-0.2, -0.15) is 0 Å². The molecule has 0 spiro atoms. The van der Waals surface area contributed by atoms with Crippen LogP contribution in [0, 0.1) is 11.8 Å².